The zero-order chi connectivity index (χ0) is 12.3. The maximum absolute atomic E-state index is 11.3. The average molecular weight is 234 g/mol. The Bertz CT molecular complexity index is 413. The molecule has 0 unspecified atom stereocenters. The lowest BCUT2D eigenvalue weighted by molar-refractivity contribution is 0.100. The Hall–Kier alpha value is -1.65. The Kier molecular flexibility index (Phi) is 3.26. The maximum Gasteiger partial charge on any atom is 0.254 e. The molecule has 1 aliphatic carbocycles. The predicted octanol–water partition coefficient (Wildman–Crippen LogP) is 1.71. The van der Waals surface area contributed by atoms with Crippen molar-refractivity contribution < 1.29 is 4.79 Å². The number of nitrogens with two attached hydrogens (primary N) is 1. The van der Waals surface area contributed by atoms with Gasteiger partial charge in [-0.1, -0.05) is 19.3 Å². The molecule has 1 heterocycles. The van der Waals surface area contributed by atoms with Gasteiger partial charge < -0.3 is 11.1 Å². The molecule has 0 radical (unpaired) electrons. The molecule has 0 atom stereocenters. The fourth-order valence-corrected chi connectivity index (χ4v) is 2.35. The number of hydrogen-bond acceptors (Lipinski definition) is 4. The van der Waals surface area contributed by atoms with E-state index in [2.05, 4.69) is 22.2 Å². The van der Waals surface area contributed by atoms with Gasteiger partial charge >= 0.3 is 0 Å². The fraction of sp³-hybridized carbons (Fsp3) is 0.583. The van der Waals surface area contributed by atoms with E-state index >= 15 is 0 Å². The largest absolute Gasteiger partial charge is 0.365 e. The van der Waals surface area contributed by atoms with E-state index in [1.165, 1.54) is 31.8 Å². The second-order valence-corrected chi connectivity index (χ2v) is 4.90. The topological polar surface area (TPSA) is 80.9 Å². The van der Waals surface area contributed by atoms with Crippen molar-refractivity contribution in [2.45, 2.75) is 44.6 Å². The van der Waals surface area contributed by atoms with Gasteiger partial charge in [-0.05, 0) is 19.8 Å². The van der Waals surface area contributed by atoms with Crippen LogP contribution in [0.3, 0.4) is 0 Å². The number of carbonyl (C=O) groups excluding carboxylic acids is 1. The zero-order valence-corrected chi connectivity index (χ0v) is 10.1. The van der Waals surface area contributed by atoms with Gasteiger partial charge in [0, 0.05) is 11.7 Å². The van der Waals surface area contributed by atoms with Gasteiger partial charge in [-0.15, -0.1) is 0 Å². The van der Waals surface area contributed by atoms with Crippen molar-refractivity contribution in [1.29, 1.82) is 0 Å². The summed E-state index contributed by atoms with van der Waals surface area (Å²) in [5, 5.41) is 3.36. The molecule has 0 aliphatic heterocycles. The molecule has 92 valence electrons. The van der Waals surface area contributed by atoms with Gasteiger partial charge in [-0.3, -0.25) is 4.79 Å². The quantitative estimate of drug-likeness (QED) is 0.834. The molecule has 1 aliphatic rings. The van der Waals surface area contributed by atoms with Gasteiger partial charge in [0.05, 0.1) is 5.56 Å². The van der Waals surface area contributed by atoms with Crippen molar-refractivity contribution in [2.24, 2.45) is 5.73 Å². The summed E-state index contributed by atoms with van der Waals surface area (Å²) in [6.45, 7) is 2.17. The first-order valence-corrected chi connectivity index (χ1v) is 5.99. The first kappa shape index (κ1) is 11.8. The first-order valence-electron chi connectivity index (χ1n) is 5.99. The Morgan fingerprint density at radius 2 is 2.12 bits per heavy atom. The van der Waals surface area contributed by atoms with Crippen molar-refractivity contribution in [1.82, 2.24) is 9.97 Å². The van der Waals surface area contributed by atoms with Crippen molar-refractivity contribution in [3.63, 3.8) is 0 Å². The van der Waals surface area contributed by atoms with Crippen molar-refractivity contribution in [3.05, 3.63) is 18.1 Å². The zero-order valence-electron chi connectivity index (χ0n) is 10.1. The minimum atomic E-state index is -0.493. The molecule has 1 aromatic rings. The molecular weight excluding hydrogens is 216 g/mol. The SMILES string of the molecule is CC1(Nc2ncncc2C(N)=O)CCCCC1. The number of primary amides is 1. The highest BCUT2D eigenvalue weighted by Gasteiger charge is 2.28. The van der Waals surface area contributed by atoms with Crippen LogP contribution in [0.1, 0.15) is 49.4 Å². The summed E-state index contributed by atoms with van der Waals surface area (Å²) in [7, 11) is 0. The van der Waals surface area contributed by atoms with Gasteiger partial charge in [0.2, 0.25) is 0 Å². The summed E-state index contributed by atoms with van der Waals surface area (Å²) in [6, 6.07) is 0. The van der Waals surface area contributed by atoms with Crippen LogP contribution in [0.25, 0.3) is 0 Å². The second-order valence-electron chi connectivity index (χ2n) is 4.90. The summed E-state index contributed by atoms with van der Waals surface area (Å²) >= 11 is 0. The minimum absolute atomic E-state index is 0.0107. The molecular formula is C12H18N4O. The molecule has 2 rings (SSSR count). The molecule has 0 saturated heterocycles. The highest BCUT2D eigenvalue weighted by Crippen LogP contribution is 2.31. The van der Waals surface area contributed by atoms with Crippen LogP contribution < -0.4 is 11.1 Å². The number of nitrogens with zero attached hydrogens (tertiary/aromatic N) is 2. The minimum Gasteiger partial charge on any atom is -0.365 e. The van der Waals surface area contributed by atoms with Crippen LogP contribution in [0.2, 0.25) is 0 Å². The molecule has 1 amide bonds. The Balaban J connectivity index is 2.20. The van der Waals surface area contributed by atoms with Gasteiger partial charge in [0.25, 0.3) is 5.91 Å². The fourth-order valence-electron chi connectivity index (χ4n) is 2.35. The lowest BCUT2D eigenvalue weighted by Gasteiger charge is -2.35. The van der Waals surface area contributed by atoms with Gasteiger partial charge in [0.1, 0.15) is 12.1 Å². The molecule has 5 nitrogen and oxygen atoms in total. The Morgan fingerprint density at radius 1 is 1.41 bits per heavy atom. The molecule has 0 aromatic carbocycles. The monoisotopic (exact) mass is 234 g/mol. The highest BCUT2D eigenvalue weighted by molar-refractivity contribution is 5.97. The van der Waals surface area contributed by atoms with Gasteiger partial charge in [-0.2, -0.15) is 0 Å². The summed E-state index contributed by atoms with van der Waals surface area (Å²) in [5.41, 5.74) is 5.68. The van der Waals surface area contributed by atoms with E-state index in [4.69, 9.17) is 5.73 Å². The number of aromatic nitrogens is 2. The summed E-state index contributed by atoms with van der Waals surface area (Å²) < 4.78 is 0. The molecule has 1 fully saturated rings. The summed E-state index contributed by atoms with van der Waals surface area (Å²) in [5.74, 6) is 0.0596. The number of amides is 1. The van der Waals surface area contributed by atoms with E-state index in [0.717, 1.165) is 12.8 Å². The van der Waals surface area contributed by atoms with Gasteiger partial charge in [-0.25, -0.2) is 9.97 Å². The third-order valence-corrected chi connectivity index (χ3v) is 3.36. The van der Waals surface area contributed by atoms with E-state index in [1.807, 2.05) is 0 Å². The number of carbonyl (C=O) groups is 1. The molecule has 1 saturated carbocycles. The van der Waals surface area contributed by atoms with Crippen LogP contribution in [0.15, 0.2) is 12.5 Å². The van der Waals surface area contributed by atoms with E-state index in [-0.39, 0.29) is 5.54 Å². The Labute approximate surface area is 101 Å². The number of rotatable bonds is 3. The van der Waals surface area contributed by atoms with Crippen LogP contribution in [0, 0.1) is 0 Å². The van der Waals surface area contributed by atoms with E-state index in [0.29, 0.717) is 11.4 Å². The predicted molar refractivity (Wildman–Crippen MR) is 65.7 cm³/mol. The molecule has 0 spiro atoms. The van der Waals surface area contributed by atoms with E-state index in [9.17, 15) is 4.79 Å². The third kappa shape index (κ3) is 2.72. The highest BCUT2D eigenvalue weighted by atomic mass is 16.1. The number of nitrogens with one attached hydrogen (secondary N) is 1. The summed E-state index contributed by atoms with van der Waals surface area (Å²) in [4.78, 5) is 19.2. The number of anilines is 1. The molecule has 0 bridgehead atoms. The Morgan fingerprint density at radius 3 is 2.76 bits per heavy atom. The smallest absolute Gasteiger partial charge is 0.254 e. The van der Waals surface area contributed by atoms with Gasteiger partial charge in [0.15, 0.2) is 0 Å². The van der Waals surface area contributed by atoms with E-state index < -0.39 is 5.91 Å². The molecule has 5 heteroatoms. The normalized spacial score (nSPS) is 18.6. The maximum atomic E-state index is 11.3. The van der Waals surface area contributed by atoms with E-state index in [1.54, 1.807) is 0 Å². The second kappa shape index (κ2) is 4.69. The molecule has 3 N–H and O–H groups in total. The van der Waals surface area contributed by atoms with Crippen LogP contribution in [-0.2, 0) is 0 Å². The third-order valence-electron chi connectivity index (χ3n) is 3.36. The van der Waals surface area contributed by atoms with Crippen LogP contribution in [0.4, 0.5) is 5.82 Å². The lowest BCUT2D eigenvalue weighted by atomic mass is 9.83. The first-order chi connectivity index (χ1) is 8.11. The standard InChI is InChI=1S/C12H18N4O/c1-12(5-3-2-4-6-12)16-11-9(10(13)17)7-14-8-15-11/h7-8H,2-6H2,1H3,(H2,13,17)(H,14,15,16). The average Bonchev–Trinajstić information content (AvgIpc) is 2.29. The lowest BCUT2D eigenvalue weighted by Crippen LogP contribution is -2.38. The summed E-state index contributed by atoms with van der Waals surface area (Å²) in [6.07, 6.45) is 8.78. The van der Waals surface area contributed by atoms with Crippen molar-refractivity contribution >= 4 is 11.7 Å². The van der Waals surface area contributed by atoms with Crippen LogP contribution in [-0.4, -0.2) is 21.4 Å². The number of hydrogen-bond donors (Lipinski definition) is 2. The van der Waals surface area contributed by atoms with Crippen molar-refractivity contribution in [3.8, 4) is 0 Å². The van der Waals surface area contributed by atoms with Crippen LogP contribution in [0.5, 0.6) is 0 Å². The van der Waals surface area contributed by atoms with Crippen molar-refractivity contribution in [2.75, 3.05) is 5.32 Å². The molecule has 17 heavy (non-hydrogen) atoms. The van der Waals surface area contributed by atoms with Crippen LogP contribution >= 0.6 is 0 Å². The molecule has 1 aromatic heterocycles.